The van der Waals surface area contributed by atoms with Crippen LogP contribution in [-0.4, -0.2) is 58.5 Å². The number of carboxylic acids is 2. The molecule has 12 nitrogen and oxygen atoms in total. The molecule has 0 radical (unpaired) electrons. The summed E-state index contributed by atoms with van der Waals surface area (Å²) >= 11 is 0. The van der Waals surface area contributed by atoms with Gasteiger partial charge in [-0.1, -0.05) is 48.5 Å². The van der Waals surface area contributed by atoms with Crippen molar-refractivity contribution in [2.75, 3.05) is 0 Å². The molecule has 0 saturated heterocycles. The number of hydrogen-bond donors (Lipinski definition) is 2. The molecule has 13 heteroatoms. The molecule has 0 aliphatic heterocycles. The third kappa shape index (κ3) is 11.4. The van der Waals surface area contributed by atoms with E-state index in [0.29, 0.717) is 34.7 Å². The number of ether oxygens (including phenoxy) is 1. The fourth-order valence-corrected chi connectivity index (χ4v) is 5.29. The first-order valence-corrected chi connectivity index (χ1v) is 17.3. The monoisotopic (exact) mass is 854 g/mol. The molecule has 6 aromatic heterocycles. The van der Waals surface area contributed by atoms with Gasteiger partial charge >= 0.3 is 11.9 Å². The zero-order valence-corrected chi connectivity index (χ0v) is 32.1. The van der Waals surface area contributed by atoms with Crippen molar-refractivity contribution >= 4 is 18.4 Å². The van der Waals surface area contributed by atoms with Crippen LogP contribution in [-0.2, 0) is 24.3 Å². The van der Waals surface area contributed by atoms with Gasteiger partial charge in [-0.25, -0.2) is 19.6 Å². The summed E-state index contributed by atoms with van der Waals surface area (Å²) < 4.78 is 4.85. The molecule has 8 aromatic rings. The summed E-state index contributed by atoms with van der Waals surface area (Å²) in [5, 5.41) is 18.3. The molecule has 6 heterocycles. The van der Waals surface area contributed by atoms with Crippen molar-refractivity contribution in [3.05, 3.63) is 188 Å². The molecule has 2 aromatic carbocycles. The smallest absolute Gasteiger partial charge is 0.354 e. The van der Waals surface area contributed by atoms with Crippen LogP contribution in [0.4, 0.5) is 0 Å². The van der Waals surface area contributed by atoms with Crippen LogP contribution in [0.1, 0.15) is 20.8 Å². The summed E-state index contributed by atoms with van der Waals surface area (Å²) in [4.78, 5) is 58.3. The van der Waals surface area contributed by atoms with E-state index in [4.69, 9.17) is 14.9 Å². The molecular formula is C45H32N6O6Ru. The van der Waals surface area contributed by atoms with Crippen LogP contribution in [0.3, 0.4) is 0 Å². The summed E-state index contributed by atoms with van der Waals surface area (Å²) in [5.74, 6) is -1.74. The molecule has 8 rings (SSSR count). The molecule has 0 aliphatic carbocycles. The molecule has 0 amide bonds. The number of aromatic nitrogens is 6. The second kappa shape index (κ2) is 20.9. The number of hydrogen-bond acceptors (Lipinski definition) is 10. The number of carboxylic acid groups (broad SMARTS) is 2. The number of aromatic carboxylic acids is 2. The number of benzene rings is 2. The fraction of sp³-hybridized carbons (Fsp3) is 0. The van der Waals surface area contributed by atoms with Crippen molar-refractivity contribution in [2.24, 2.45) is 0 Å². The van der Waals surface area contributed by atoms with Crippen LogP contribution in [0.5, 0.6) is 5.75 Å². The number of pyridine rings is 6. The van der Waals surface area contributed by atoms with Crippen LogP contribution in [0.25, 0.3) is 56.4 Å². The predicted octanol–water partition coefficient (Wildman–Crippen LogP) is 8.69. The second-order valence-corrected chi connectivity index (χ2v) is 11.8. The van der Waals surface area contributed by atoms with Crippen molar-refractivity contribution in [2.45, 2.75) is 0 Å². The molecule has 0 unspecified atom stereocenters. The van der Waals surface area contributed by atoms with Gasteiger partial charge < -0.3 is 14.9 Å². The van der Waals surface area contributed by atoms with E-state index < -0.39 is 11.9 Å². The van der Waals surface area contributed by atoms with E-state index in [1.165, 1.54) is 24.4 Å². The van der Waals surface area contributed by atoms with Gasteiger partial charge in [0.25, 0.3) is 6.47 Å². The Labute approximate surface area is 345 Å². The van der Waals surface area contributed by atoms with Crippen molar-refractivity contribution in [3.8, 4) is 62.2 Å². The predicted molar refractivity (Wildman–Crippen MR) is 214 cm³/mol. The average molecular weight is 854 g/mol. The number of rotatable bonds is 9. The topological polar surface area (TPSA) is 178 Å². The number of nitrogens with zero attached hydrogens (tertiary/aromatic N) is 6. The van der Waals surface area contributed by atoms with E-state index in [0.717, 1.165) is 33.9 Å². The molecule has 2 N–H and O–H groups in total. The average Bonchev–Trinajstić information content (AvgIpc) is 3.28. The summed E-state index contributed by atoms with van der Waals surface area (Å²) in [7, 11) is 0. The fourth-order valence-electron chi connectivity index (χ4n) is 5.29. The Bertz CT molecular complexity index is 2310. The molecular weight excluding hydrogens is 822 g/mol. The molecule has 0 atom stereocenters. The minimum absolute atomic E-state index is 0. The molecule has 0 bridgehead atoms. The van der Waals surface area contributed by atoms with Crippen LogP contribution in [0.15, 0.2) is 177 Å². The van der Waals surface area contributed by atoms with Crippen molar-refractivity contribution < 1.29 is 48.8 Å². The standard InChI is InChI=1S/C25H16N2O6.2C10H8N2.Ru/c28-14-33-20-8-5-15(6-9-20)19-11-22(16-1-3-17(4-2-16)24(29)30)27-23(12-19)18-7-10-21(25(31)32)26-13-18;2*1-3-7-11-9(5-1)10-6-2-4-8-12-10;/h1-14H,(H,29,30)(H,31,32);2*1-8H;. The van der Waals surface area contributed by atoms with Gasteiger partial charge in [-0.3, -0.25) is 24.7 Å². The third-order valence-corrected chi connectivity index (χ3v) is 8.09. The van der Waals surface area contributed by atoms with E-state index in [1.54, 1.807) is 67.3 Å². The third-order valence-electron chi connectivity index (χ3n) is 8.09. The van der Waals surface area contributed by atoms with Gasteiger partial charge in [0.1, 0.15) is 11.4 Å². The minimum atomic E-state index is -1.12. The van der Waals surface area contributed by atoms with Gasteiger partial charge in [0.2, 0.25) is 0 Å². The van der Waals surface area contributed by atoms with Crippen molar-refractivity contribution in [1.82, 2.24) is 29.9 Å². The van der Waals surface area contributed by atoms with E-state index in [-0.39, 0.29) is 30.7 Å². The van der Waals surface area contributed by atoms with E-state index in [2.05, 4.69) is 29.9 Å². The van der Waals surface area contributed by atoms with Gasteiger partial charge in [-0.05, 0) is 108 Å². The van der Waals surface area contributed by atoms with Gasteiger partial charge in [0.15, 0.2) is 0 Å². The Kier molecular flexibility index (Phi) is 15.0. The summed E-state index contributed by atoms with van der Waals surface area (Å²) in [6, 6.07) is 43.2. The zero-order valence-electron chi connectivity index (χ0n) is 30.4. The summed E-state index contributed by atoms with van der Waals surface area (Å²) in [6.45, 7) is 0.353. The summed E-state index contributed by atoms with van der Waals surface area (Å²) in [5.41, 5.74) is 7.85. The largest absolute Gasteiger partial charge is 0.478 e. The van der Waals surface area contributed by atoms with Gasteiger partial charge in [-0.15, -0.1) is 0 Å². The van der Waals surface area contributed by atoms with Crippen LogP contribution in [0, 0.1) is 0 Å². The Balaban J connectivity index is 0.000000207. The van der Waals surface area contributed by atoms with E-state index in [9.17, 15) is 14.4 Å². The molecule has 0 spiro atoms. The maximum Gasteiger partial charge on any atom is 0.354 e. The van der Waals surface area contributed by atoms with Crippen LogP contribution >= 0.6 is 0 Å². The number of carbonyl (C=O) groups is 3. The van der Waals surface area contributed by atoms with Crippen LogP contribution < -0.4 is 4.74 Å². The maximum absolute atomic E-state index is 11.2. The Morgan fingerprint density at radius 2 is 0.914 bits per heavy atom. The first-order valence-electron chi connectivity index (χ1n) is 17.3. The van der Waals surface area contributed by atoms with E-state index >= 15 is 0 Å². The zero-order chi connectivity index (χ0) is 39.8. The van der Waals surface area contributed by atoms with Crippen molar-refractivity contribution in [3.63, 3.8) is 0 Å². The molecule has 0 saturated carbocycles. The summed E-state index contributed by atoms with van der Waals surface area (Å²) in [6.07, 6.45) is 8.51. The Hall–Kier alpha value is -7.63. The van der Waals surface area contributed by atoms with Crippen molar-refractivity contribution in [1.29, 1.82) is 0 Å². The molecule has 58 heavy (non-hydrogen) atoms. The second-order valence-electron chi connectivity index (χ2n) is 11.8. The normalized spacial score (nSPS) is 9.93. The van der Waals surface area contributed by atoms with Gasteiger partial charge in [0, 0.05) is 61.6 Å². The quantitative estimate of drug-likeness (QED) is 0.104. The minimum Gasteiger partial charge on any atom is -0.478 e. The first kappa shape index (κ1) is 41.5. The van der Waals surface area contributed by atoms with Gasteiger partial charge in [0.05, 0.1) is 39.7 Å². The first-order chi connectivity index (χ1) is 27.9. The van der Waals surface area contributed by atoms with Gasteiger partial charge in [-0.2, -0.15) is 0 Å². The Morgan fingerprint density at radius 1 is 0.466 bits per heavy atom. The molecule has 286 valence electrons. The molecule has 0 fully saturated rings. The maximum atomic E-state index is 11.2. The number of carbonyl (C=O) groups excluding carboxylic acids is 1. The molecule has 0 aliphatic rings. The van der Waals surface area contributed by atoms with Crippen LogP contribution in [0.2, 0.25) is 0 Å². The Morgan fingerprint density at radius 3 is 1.29 bits per heavy atom. The SMILES string of the molecule is O=COc1ccc(-c2cc(-c3ccc(C(=O)O)cc3)nc(-c3ccc(C(=O)O)nc3)c2)cc1.[Ru].c1ccc(-c2ccccn2)nc1.c1ccc(-c2ccccn2)nc1. The van der Waals surface area contributed by atoms with E-state index in [1.807, 2.05) is 84.9 Å².